The SMILES string of the molecule is CC(=O)/C(=C/c1ccc(Cl)c(Cl)c1)C(N)=O. The molecule has 0 bridgehead atoms. The van der Waals surface area contributed by atoms with Crippen molar-refractivity contribution in [1.29, 1.82) is 0 Å². The lowest BCUT2D eigenvalue weighted by molar-refractivity contribution is -0.119. The van der Waals surface area contributed by atoms with Gasteiger partial charge in [0, 0.05) is 0 Å². The topological polar surface area (TPSA) is 60.2 Å². The number of carbonyl (C=O) groups is 2. The highest BCUT2D eigenvalue weighted by Gasteiger charge is 2.10. The van der Waals surface area contributed by atoms with E-state index < -0.39 is 11.7 Å². The number of primary amides is 1. The van der Waals surface area contributed by atoms with Gasteiger partial charge in [0.25, 0.3) is 5.91 Å². The van der Waals surface area contributed by atoms with Gasteiger partial charge < -0.3 is 5.73 Å². The Morgan fingerprint density at radius 2 is 1.88 bits per heavy atom. The van der Waals surface area contributed by atoms with Crippen LogP contribution >= 0.6 is 23.2 Å². The molecule has 0 atom stereocenters. The number of nitrogens with two attached hydrogens (primary N) is 1. The van der Waals surface area contributed by atoms with Crippen LogP contribution in [0.5, 0.6) is 0 Å². The van der Waals surface area contributed by atoms with Crippen molar-refractivity contribution in [3.8, 4) is 0 Å². The normalized spacial score (nSPS) is 11.3. The summed E-state index contributed by atoms with van der Waals surface area (Å²) in [5.74, 6) is -1.16. The van der Waals surface area contributed by atoms with Gasteiger partial charge in [0.15, 0.2) is 5.78 Å². The van der Waals surface area contributed by atoms with Crippen molar-refractivity contribution in [2.75, 3.05) is 0 Å². The Labute approximate surface area is 103 Å². The molecule has 0 spiro atoms. The molecule has 1 rings (SSSR count). The van der Waals surface area contributed by atoms with Gasteiger partial charge in [0.2, 0.25) is 0 Å². The fraction of sp³-hybridized carbons (Fsp3) is 0.0909. The molecule has 0 aromatic heterocycles. The first-order chi connectivity index (χ1) is 7.41. The van der Waals surface area contributed by atoms with Crippen LogP contribution < -0.4 is 5.73 Å². The largest absolute Gasteiger partial charge is 0.365 e. The van der Waals surface area contributed by atoms with E-state index in [2.05, 4.69) is 0 Å². The molecular weight excluding hydrogens is 249 g/mol. The van der Waals surface area contributed by atoms with E-state index in [9.17, 15) is 9.59 Å². The molecule has 0 heterocycles. The number of benzene rings is 1. The van der Waals surface area contributed by atoms with Gasteiger partial charge in [0.05, 0.1) is 15.6 Å². The summed E-state index contributed by atoms with van der Waals surface area (Å²) in [5, 5.41) is 0.755. The first kappa shape index (κ1) is 12.7. The Hall–Kier alpha value is -1.32. The molecule has 2 N–H and O–H groups in total. The van der Waals surface area contributed by atoms with Gasteiger partial charge in [-0.2, -0.15) is 0 Å². The smallest absolute Gasteiger partial charge is 0.252 e. The summed E-state index contributed by atoms with van der Waals surface area (Å²) in [6.45, 7) is 1.27. The maximum Gasteiger partial charge on any atom is 0.252 e. The number of amides is 1. The van der Waals surface area contributed by atoms with Crippen LogP contribution in [-0.2, 0) is 9.59 Å². The zero-order valence-electron chi connectivity index (χ0n) is 8.46. The maximum absolute atomic E-state index is 11.1. The highest BCUT2D eigenvalue weighted by molar-refractivity contribution is 6.42. The third-order valence-corrected chi connectivity index (χ3v) is 2.64. The molecule has 16 heavy (non-hydrogen) atoms. The van der Waals surface area contributed by atoms with E-state index in [1.165, 1.54) is 13.0 Å². The first-order valence-electron chi connectivity index (χ1n) is 4.39. The third-order valence-electron chi connectivity index (χ3n) is 1.90. The predicted octanol–water partition coefficient (Wildman–Crippen LogP) is 2.45. The standard InChI is InChI=1S/C11H9Cl2NO2/c1-6(15)8(11(14)16)4-7-2-3-9(12)10(13)5-7/h2-5H,1H3,(H2,14,16)/b8-4-. The van der Waals surface area contributed by atoms with Crippen molar-refractivity contribution in [2.45, 2.75) is 6.92 Å². The van der Waals surface area contributed by atoms with E-state index in [1.807, 2.05) is 0 Å². The Morgan fingerprint density at radius 1 is 1.25 bits per heavy atom. The third kappa shape index (κ3) is 3.08. The molecule has 0 aliphatic carbocycles. The van der Waals surface area contributed by atoms with Crippen LogP contribution in [0.15, 0.2) is 23.8 Å². The van der Waals surface area contributed by atoms with Crippen LogP contribution in [0.4, 0.5) is 0 Å². The van der Waals surface area contributed by atoms with E-state index in [4.69, 9.17) is 28.9 Å². The number of Topliss-reactive ketones (excluding diaryl/α,β-unsaturated/α-hetero) is 1. The molecule has 3 nitrogen and oxygen atoms in total. The average Bonchev–Trinajstić information content (AvgIpc) is 2.18. The zero-order valence-corrected chi connectivity index (χ0v) is 9.97. The summed E-state index contributed by atoms with van der Waals surface area (Å²) < 4.78 is 0. The number of carbonyl (C=O) groups excluding carboxylic acids is 2. The van der Waals surface area contributed by atoms with Crippen molar-refractivity contribution in [3.05, 3.63) is 39.4 Å². The van der Waals surface area contributed by atoms with Crippen LogP contribution in [0.3, 0.4) is 0 Å². The molecule has 0 saturated carbocycles. The second kappa shape index (κ2) is 5.14. The number of halogens is 2. The molecule has 0 fully saturated rings. The summed E-state index contributed by atoms with van der Waals surface area (Å²) in [4.78, 5) is 22.1. The van der Waals surface area contributed by atoms with Gasteiger partial charge in [-0.15, -0.1) is 0 Å². The quantitative estimate of drug-likeness (QED) is 0.514. The van der Waals surface area contributed by atoms with E-state index in [1.54, 1.807) is 18.2 Å². The van der Waals surface area contributed by atoms with Gasteiger partial charge in [-0.3, -0.25) is 9.59 Å². The van der Waals surface area contributed by atoms with Crippen molar-refractivity contribution in [1.82, 2.24) is 0 Å². The summed E-state index contributed by atoms with van der Waals surface area (Å²) >= 11 is 11.5. The van der Waals surface area contributed by atoms with E-state index in [0.717, 1.165) is 0 Å². The summed E-state index contributed by atoms with van der Waals surface area (Å²) in [7, 11) is 0. The van der Waals surface area contributed by atoms with Crippen LogP contribution in [0, 0.1) is 0 Å². The Bertz CT molecular complexity index is 465. The average molecular weight is 258 g/mol. The lowest BCUT2D eigenvalue weighted by Gasteiger charge is -2.00. The van der Waals surface area contributed by atoms with Crippen LogP contribution in [0.1, 0.15) is 12.5 Å². The van der Waals surface area contributed by atoms with E-state index in [-0.39, 0.29) is 5.57 Å². The monoisotopic (exact) mass is 257 g/mol. The van der Waals surface area contributed by atoms with Gasteiger partial charge in [-0.25, -0.2) is 0 Å². The second-order valence-corrected chi connectivity index (χ2v) is 3.97. The summed E-state index contributed by atoms with van der Waals surface area (Å²) in [6, 6.07) is 4.77. The molecule has 1 amide bonds. The minimum atomic E-state index is -0.765. The summed E-state index contributed by atoms with van der Waals surface area (Å²) in [6.07, 6.45) is 1.38. The van der Waals surface area contributed by atoms with Crippen LogP contribution in [-0.4, -0.2) is 11.7 Å². The minimum Gasteiger partial charge on any atom is -0.365 e. The zero-order chi connectivity index (χ0) is 12.3. The Kier molecular flexibility index (Phi) is 4.10. The van der Waals surface area contributed by atoms with Gasteiger partial charge in [-0.05, 0) is 30.7 Å². The number of hydrogen-bond acceptors (Lipinski definition) is 2. The predicted molar refractivity (Wildman–Crippen MR) is 64.3 cm³/mol. The van der Waals surface area contributed by atoms with Gasteiger partial charge in [-0.1, -0.05) is 29.3 Å². The Morgan fingerprint density at radius 3 is 2.31 bits per heavy atom. The minimum absolute atomic E-state index is 0.0709. The molecule has 5 heteroatoms. The van der Waals surface area contributed by atoms with Crippen molar-refractivity contribution in [3.63, 3.8) is 0 Å². The van der Waals surface area contributed by atoms with E-state index in [0.29, 0.717) is 15.6 Å². The highest BCUT2D eigenvalue weighted by Crippen LogP contribution is 2.23. The molecule has 0 unspecified atom stereocenters. The fourth-order valence-electron chi connectivity index (χ4n) is 1.12. The molecule has 84 valence electrons. The van der Waals surface area contributed by atoms with Crippen molar-refractivity contribution < 1.29 is 9.59 Å². The molecular formula is C11H9Cl2NO2. The molecule has 1 aromatic rings. The molecule has 0 aliphatic heterocycles. The van der Waals surface area contributed by atoms with Gasteiger partial charge in [0.1, 0.15) is 0 Å². The van der Waals surface area contributed by atoms with Crippen molar-refractivity contribution >= 4 is 41.0 Å². The van der Waals surface area contributed by atoms with Crippen molar-refractivity contribution in [2.24, 2.45) is 5.73 Å². The molecule has 0 aliphatic rings. The lowest BCUT2D eigenvalue weighted by Crippen LogP contribution is -2.18. The first-order valence-corrected chi connectivity index (χ1v) is 5.15. The number of hydrogen-bond donors (Lipinski definition) is 1. The maximum atomic E-state index is 11.1. The molecule has 1 aromatic carbocycles. The number of rotatable bonds is 3. The Balaban J connectivity index is 3.18. The van der Waals surface area contributed by atoms with Crippen LogP contribution in [0.25, 0.3) is 6.08 Å². The van der Waals surface area contributed by atoms with Gasteiger partial charge >= 0.3 is 0 Å². The second-order valence-electron chi connectivity index (χ2n) is 3.15. The van der Waals surface area contributed by atoms with E-state index >= 15 is 0 Å². The molecule has 0 radical (unpaired) electrons. The van der Waals surface area contributed by atoms with Crippen LogP contribution in [0.2, 0.25) is 10.0 Å². The lowest BCUT2D eigenvalue weighted by atomic mass is 10.1. The highest BCUT2D eigenvalue weighted by atomic mass is 35.5. The molecule has 0 saturated heterocycles. The summed E-state index contributed by atoms with van der Waals surface area (Å²) in [5.41, 5.74) is 5.59. The number of ketones is 1. The fourth-order valence-corrected chi connectivity index (χ4v) is 1.42.